The van der Waals surface area contributed by atoms with E-state index < -0.39 is 0 Å². The van der Waals surface area contributed by atoms with E-state index in [9.17, 15) is 4.79 Å². The van der Waals surface area contributed by atoms with Crippen molar-refractivity contribution in [1.82, 2.24) is 0 Å². The molecule has 5 heteroatoms. The number of benzene rings is 1. The molecule has 0 radical (unpaired) electrons. The van der Waals surface area contributed by atoms with Crippen molar-refractivity contribution in [2.24, 2.45) is 0 Å². The zero-order chi connectivity index (χ0) is 10.4. The molecule has 0 aliphatic rings. The van der Waals surface area contributed by atoms with Gasteiger partial charge in [0.2, 0.25) is 0 Å². The van der Waals surface area contributed by atoms with Crippen LogP contribution >= 0.6 is 0 Å². The molecule has 74 valence electrons. The molecule has 0 aliphatic carbocycles. The number of hydrogen-bond acceptors (Lipinski definition) is 4. The van der Waals surface area contributed by atoms with Crippen LogP contribution in [0.25, 0.3) is 0 Å². The molecule has 0 amide bonds. The number of esters is 1. The Morgan fingerprint density at radius 1 is 1.57 bits per heavy atom. The molecule has 0 spiro atoms. The van der Waals surface area contributed by atoms with E-state index in [1.807, 2.05) is 0 Å². The lowest BCUT2D eigenvalue weighted by Crippen LogP contribution is -2.05. The molecular formula is C9H11BO4. The monoisotopic (exact) mass is 194 g/mol. The molecule has 0 unspecified atom stereocenters. The largest absolute Gasteiger partial charge is 0.539 e. The summed E-state index contributed by atoms with van der Waals surface area (Å²) >= 11 is 0. The van der Waals surface area contributed by atoms with Crippen LogP contribution in [-0.4, -0.2) is 25.8 Å². The maximum Gasteiger partial charge on any atom is 0.504 e. The minimum absolute atomic E-state index is 0.207. The number of hydrogen-bond donors (Lipinski definition) is 1. The third kappa shape index (κ3) is 3.10. The van der Waals surface area contributed by atoms with Gasteiger partial charge in [-0.2, -0.15) is 0 Å². The van der Waals surface area contributed by atoms with Crippen molar-refractivity contribution in [3.63, 3.8) is 0 Å². The average molecular weight is 194 g/mol. The van der Waals surface area contributed by atoms with Crippen LogP contribution in [0.4, 0.5) is 0 Å². The Bertz CT molecular complexity index is 313. The van der Waals surface area contributed by atoms with Crippen LogP contribution in [0.15, 0.2) is 24.3 Å². The van der Waals surface area contributed by atoms with E-state index in [0.717, 1.165) is 5.56 Å². The van der Waals surface area contributed by atoms with Crippen LogP contribution in [0.1, 0.15) is 5.56 Å². The third-order valence-electron chi connectivity index (χ3n) is 1.71. The minimum atomic E-state index is -0.373. The molecule has 0 aromatic heterocycles. The summed E-state index contributed by atoms with van der Waals surface area (Å²) in [5.41, 5.74) is 0.794. The second-order valence-electron chi connectivity index (χ2n) is 2.67. The van der Waals surface area contributed by atoms with Crippen LogP contribution in [0, 0.1) is 0 Å². The molecule has 0 atom stereocenters. The molecule has 1 rings (SSSR count). The number of carbonyl (C=O) groups is 1. The standard InChI is InChI=1S/C9H11BO4/c1-13-9(11)6-7-3-2-4-8(5-7)14-10-12/h2-5,10,12H,6H2,1H3. The maximum absolute atomic E-state index is 10.9. The molecule has 0 fully saturated rings. The predicted octanol–water partition coefficient (Wildman–Crippen LogP) is 0.0397. The third-order valence-corrected chi connectivity index (χ3v) is 1.71. The number of methoxy groups -OCH3 is 1. The van der Waals surface area contributed by atoms with E-state index in [-0.39, 0.29) is 20.1 Å². The van der Waals surface area contributed by atoms with Gasteiger partial charge in [0, 0.05) is 0 Å². The Morgan fingerprint density at radius 3 is 3.00 bits per heavy atom. The van der Waals surface area contributed by atoms with Gasteiger partial charge >= 0.3 is 13.7 Å². The molecule has 0 heterocycles. The van der Waals surface area contributed by atoms with E-state index >= 15 is 0 Å². The molecule has 1 aromatic rings. The predicted molar refractivity (Wildman–Crippen MR) is 52.2 cm³/mol. The van der Waals surface area contributed by atoms with Gasteiger partial charge in [-0.05, 0) is 17.7 Å². The van der Waals surface area contributed by atoms with Gasteiger partial charge in [0.05, 0.1) is 13.5 Å². The summed E-state index contributed by atoms with van der Waals surface area (Å²) in [6.45, 7) is 0. The lowest BCUT2D eigenvalue weighted by atomic mass is 10.1. The minimum Gasteiger partial charge on any atom is -0.539 e. The smallest absolute Gasteiger partial charge is 0.504 e. The van der Waals surface area contributed by atoms with Crippen LogP contribution in [0.5, 0.6) is 5.75 Å². The van der Waals surface area contributed by atoms with Gasteiger partial charge < -0.3 is 14.4 Å². The van der Waals surface area contributed by atoms with E-state index in [2.05, 4.69) is 4.74 Å². The maximum atomic E-state index is 10.9. The Morgan fingerprint density at radius 2 is 2.36 bits per heavy atom. The first-order chi connectivity index (χ1) is 6.76. The highest BCUT2D eigenvalue weighted by molar-refractivity contribution is 6.17. The second kappa shape index (κ2) is 5.29. The van der Waals surface area contributed by atoms with Gasteiger partial charge in [-0.15, -0.1) is 0 Å². The van der Waals surface area contributed by atoms with Crippen molar-refractivity contribution in [2.75, 3.05) is 7.11 Å². The van der Waals surface area contributed by atoms with Gasteiger partial charge in [-0.25, -0.2) is 0 Å². The first-order valence-corrected chi connectivity index (χ1v) is 4.15. The zero-order valence-electron chi connectivity index (χ0n) is 7.90. The first-order valence-electron chi connectivity index (χ1n) is 4.15. The number of rotatable bonds is 4. The van der Waals surface area contributed by atoms with Crippen LogP contribution in [-0.2, 0) is 16.0 Å². The van der Waals surface area contributed by atoms with Crippen molar-refractivity contribution >= 4 is 13.7 Å². The van der Waals surface area contributed by atoms with Crippen molar-refractivity contribution in [3.05, 3.63) is 29.8 Å². The van der Waals surface area contributed by atoms with Crippen LogP contribution in [0.2, 0.25) is 0 Å². The molecule has 0 aliphatic heterocycles. The Kier molecular flexibility index (Phi) is 4.00. The molecule has 0 bridgehead atoms. The molecule has 0 saturated heterocycles. The molecule has 14 heavy (non-hydrogen) atoms. The average Bonchev–Trinajstić information content (AvgIpc) is 2.19. The van der Waals surface area contributed by atoms with Gasteiger partial charge in [0.15, 0.2) is 0 Å². The lowest BCUT2D eigenvalue weighted by Gasteiger charge is -2.04. The van der Waals surface area contributed by atoms with Crippen molar-refractivity contribution in [3.8, 4) is 5.75 Å². The molecular weight excluding hydrogens is 183 g/mol. The summed E-state index contributed by atoms with van der Waals surface area (Å²) in [5.74, 6) is 0.236. The number of carbonyl (C=O) groups excluding carboxylic acids is 1. The molecule has 1 N–H and O–H groups in total. The number of ether oxygens (including phenoxy) is 1. The van der Waals surface area contributed by atoms with E-state index in [0.29, 0.717) is 5.75 Å². The van der Waals surface area contributed by atoms with Gasteiger partial charge in [0.1, 0.15) is 5.75 Å². The second-order valence-corrected chi connectivity index (χ2v) is 2.67. The normalized spacial score (nSPS) is 9.29. The van der Waals surface area contributed by atoms with Crippen LogP contribution in [0.3, 0.4) is 0 Å². The highest BCUT2D eigenvalue weighted by atomic mass is 16.5. The Labute approximate surface area is 82.8 Å². The van der Waals surface area contributed by atoms with E-state index in [1.54, 1.807) is 24.3 Å². The van der Waals surface area contributed by atoms with Gasteiger partial charge in [-0.1, -0.05) is 12.1 Å². The molecule has 1 aromatic carbocycles. The molecule has 4 nitrogen and oxygen atoms in total. The van der Waals surface area contributed by atoms with Crippen molar-refractivity contribution in [1.29, 1.82) is 0 Å². The summed E-state index contributed by atoms with van der Waals surface area (Å²) in [6, 6.07) is 6.94. The lowest BCUT2D eigenvalue weighted by molar-refractivity contribution is -0.139. The fraction of sp³-hybridized carbons (Fsp3) is 0.222. The van der Waals surface area contributed by atoms with Gasteiger partial charge in [-0.3, -0.25) is 4.79 Å². The topological polar surface area (TPSA) is 55.8 Å². The fourth-order valence-electron chi connectivity index (χ4n) is 1.06. The quantitative estimate of drug-likeness (QED) is 0.543. The Balaban J connectivity index is 2.68. The summed E-state index contributed by atoms with van der Waals surface area (Å²) in [5, 5.41) is 8.52. The van der Waals surface area contributed by atoms with Crippen molar-refractivity contribution in [2.45, 2.75) is 6.42 Å². The highest BCUT2D eigenvalue weighted by Crippen LogP contribution is 2.13. The van der Waals surface area contributed by atoms with E-state index in [4.69, 9.17) is 9.68 Å². The highest BCUT2D eigenvalue weighted by Gasteiger charge is 2.03. The fourth-order valence-corrected chi connectivity index (χ4v) is 1.06. The molecule has 0 saturated carbocycles. The SMILES string of the molecule is COC(=O)Cc1cccc(OBO)c1. The zero-order valence-corrected chi connectivity index (χ0v) is 7.90. The summed E-state index contributed by atoms with van der Waals surface area (Å²) in [7, 11) is 0.970. The summed E-state index contributed by atoms with van der Waals surface area (Å²) in [6.07, 6.45) is 0.207. The van der Waals surface area contributed by atoms with Crippen LogP contribution < -0.4 is 4.65 Å². The first kappa shape index (κ1) is 10.6. The summed E-state index contributed by atoms with van der Waals surface area (Å²) < 4.78 is 9.39. The van der Waals surface area contributed by atoms with Crippen molar-refractivity contribution < 1.29 is 19.2 Å². The van der Waals surface area contributed by atoms with E-state index in [1.165, 1.54) is 7.11 Å². The van der Waals surface area contributed by atoms with Gasteiger partial charge in [0.25, 0.3) is 0 Å². The Hall–Kier alpha value is -1.49. The summed E-state index contributed by atoms with van der Waals surface area (Å²) in [4.78, 5) is 10.9.